The van der Waals surface area contributed by atoms with E-state index in [1.54, 1.807) is 7.11 Å². The summed E-state index contributed by atoms with van der Waals surface area (Å²) in [6, 6.07) is 7.10. The Bertz CT molecular complexity index is 376. The maximum absolute atomic E-state index is 5.32. The molecule has 1 aliphatic rings. The fourth-order valence-electron chi connectivity index (χ4n) is 2.45. The summed E-state index contributed by atoms with van der Waals surface area (Å²) in [5.74, 6) is 0. The van der Waals surface area contributed by atoms with Gasteiger partial charge in [-0.15, -0.1) is 0 Å². The highest BCUT2D eigenvalue weighted by Gasteiger charge is 2.23. The van der Waals surface area contributed by atoms with Crippen molar-refractivity contribution < 1.29 is 4.74 Å². The lowest BCUT2D eigenvalue weighted by atomic mass is 10.1. The maximum atomic E-state index is 5.32. The minimum absolute atomic E-state index is 0.439. The van der Waals surface area contributed by atoms with Crippen LogP contribution >= 0.6 is 0 Å². The molecule has 2 rings (SSSR count). The molecular weight excluding hydrogens is 212 g/mol. The number of hydrogen-bond donors (Lipinski definition) is 1. The predicted molar refractivity (Wildman–Crippen MR) is 71.8 cm³/mol. The first kappa shape index (κ1) is 12.4. The molecule has 1 atom stereocenters. The zero-order valence-electron chi connectivity index (χ0n) is 11.0. The molecule has 1 saturated heterocycles. The van der Waals surface area contributed by atoms with Gasteiger partial charge in [0.1, 0.15) is 0 Å². The first-order chi connectivity index (χ1) is 8.22. The molecule has 3 heteroatoms. The number of anilines is 1. The normalized spacial score (nSPS) is 20.6. The third kappa shape index (κ3) is 2.79. The van der Waals surface area contributed by atoms with Crippen molar-refractivity contribution in [3.05, 3.63) is 29.3 Å². The van der Waals surface area contributed by atoms with Gasteiger partial charge in [-0.2, -0.15) is 0 Å². The van der Waals surface area contributed by atoms with E-state index < -0.39 is 0 Å². The number of aryl methyl sites for hydroxylation is 2. The molecule has 1 fully saturated rings. The average molecular weight is 234 g/mol. The lowest BCUT2D eigenvalue weighted by molar-refractivity contribution is 0.170. The molecule has 0 saturated carbocycles. The summed E-state index contributed by atoms with van der Waals surface area (Å²) in [5, 5.41) is 3.43. The van der Waals surface area contributed by atoms with Crippen molar-refractivity contribution in [2.75, 3.05) is 38.3 Å². The summed E-state index contributed by atoms with van der Waals surface area (Å²) < 4.78 is 5.32. The number of nitrogens with one attached hydrogen (secondary N) is 1. The minimum atomic E-state index is 0.439. The van der Waals surface area contributed by atoms with Crippen LogP contribution in [0, 0.1) is 13.8 Å². The first-order valence-corrected chi connectivity index (χ1v) is 6.26. The molecule has 0 radical (unpaired) electrons. The standard InChI is InChI=1S/C14H22N2O/c1-11-4-5-12(2)14(8-11)16-7-6-15-9-13(16)10-17-3/h4-5,8,13,15H,6-7,9-10H2,1-3H3. The van der Waals surface area contributed by atoms with Crippen LogP contribution in [0.3, 0.4) is 0 Å². The van der Waals surface area contributed by atoms with Crippen molar-refractivity contribution in [2.24, 2.45) is 0 Å². The number of nitrogens with zero attached hydrogens (tertiary/aromatic N) is 1. The van der Waals surface area contributed by atoms with E-state index >= 15 is 0 Å². The van der Waals surface area contributed by atoms with Crippen molar-refractivity contribution in [1.82, 2.24) is 5.32 Å². The van der Waals surface area contributed by atoms with E-state index in [0.29, 0.717) is 6.04 Å². The number of hydrogen-bond acceptors (Lipinski definition) is 3. The number of piperazine rings is 1. The lowest BCUT2D eigenvalue weighted by Gasteiger charge is -2.38. The van der Waals surface area contributed by atoms with Crippen LogP contribution < -0.4 is 10.2 Å². The Kier molecular flexibility index (Phi) is 4.02. The molecule has 1 aromatic rings. The molecule has 1 aromatic carbocycles. The Morgan fingerprint density at radius 1 is 1.41 bits per heavy atom. The van der Waals surface area contributed by atoms with E-state index in [9.17, 15) is 0 Å². The van der Waals surface area contributed by atoms with Gasteiger partial charge in [0, 0.05) is 32.4 Å². The average Bonchev–Trinajstić information content (AvgIpc) is 2.34. The predicted octanol–water partition coefficient (Wildman–Crippen LogP) is 1.73. The number of benzene rings is 1. The van der Waals surface area contributed by atoms with Crippen molar-refractivity contribution in [3.63, 3.8) is 0 Å². The lowest BCUT2D eigenvalue weighted by Crippen LogP contribution is -2.53. The molecule has 0 bridgehead atoms. The highest BCUT2D eigenvalue weighted by atomic mass is 16.5. The van der Waals surface area contributed by atoms with Crippen LogP contribution in [-0.2, 0) is 4.74 Å². The summed E-state index contributed by atoms with van der Waals surface area (Å²) in [5.41, 5.74) is 4.02. The summed E-state index contributed by atoms with van der Waals surface area (Å²) in [4.78, 5) is 2.47. The van der Waals surface area contributed by atoms with Gasteiger partial charge in [-0.3, -0.25) is 0 Å². The Morgan fingerprint density at radius 2 is 2.24 bits per heavy atom. The van der Waals surface area contributed by atoms with Crippen LogP contribution in [0.25, 0.3) is 0 Å². The second-order valence-corrected chi connectivity index (χ2v) is 4.80. The zero-order chi connectivity index (χ0) is 12.3. The molecule has 1 aliphatic heterocycles. The second-order valence-electron chi connectivity index (χ2n) is 4.80. The third-order valence-corrected chi connectivity index (χ3v) is 3.38. The molecule has 0 aromatic heterocycles. The van der Waals surface area contributed by atoms with Crippen LogP contribution in [0.5, 0.6) is 0 Å². The largest absolute Gasteiger partial charge is 0.383 e. The van der Waals surface area contributed by atoms with Gasteiger partial charge in [-0.1, -0.05) is 12.1 Å². The van der Waals surface area contributed by atoms with Crippen LogP contribution in [0.4, 0.5) is 5.69 Å². The van der Waals surface area contributed by atoms with Gasteiger partial charge in [0.15, 0.2) is 0 Å². The Hall–Kier alpha value is -1.06. The van der Waals surface area contributed by atoms with E-state index in [0.717, 1.165) is 26.2 Å². The van der Waals surface area contributed by atoms with Crippen LogP contribution in [0.1, 0.15) is 11.1 Å². The van der Waals surface area contributed by atoms with Gasteiger partial charge in [-0.05, 0) is 31.0 Å². The Balaban J connectivity index is 2.25. The van der Waals surface area contributed by atoms with Crippen molar-refractivity contribution in [2.45, 2.75) is 19.9 Å². The van der Waals surface area contributed by atoms with Gasteiger partial charge in [0.2, 0.25) is 0 Å². The number of methoxy groups -OCH3 is 1. The van der Waals surface area contributed by atoms with Gasteiger partial charge >= 0.3 is 0 Å². The molecule has 1 heterocycles. The monoisotopic (exact) mass is 234 g/mol. The highest BCUT2D eigenvalue weighted by Crippen LogP contribution is 2.24. The molecule has 0 aliphatic carbocycles. The molecular formula is C14H22N2O. The summed E-state index contributed by atoms with van der Waals surface area (Å²) in [6.45, 7) is 8.21. The fourth-order valence-corrected chi connectivity index (χ4v) is 2.45. The molecule has 17 heavy (non-hydrogen) atoms. The fraction of sp³-hybridized carbons (Fsp3) is 0.571. The van der Waals surface area contributed by atoms with Gasteiger partial charge in [0.05, 0.1) is 12.6 Å². The number of rotatable bonds is 3. The summed E-state index contributed by atoms with van der Waals surface area (Å²) >= 11 is 0. The summed E-state index contributed by atoms with van der Waals surface area (Å²) in [7, 11) is 1.77. The third-order valence-electron chi connectivity index (χ3n) is 3.38. The van der Waals surface area contributed by atoms with Gasteiger partial charge in [0.25, 0.3) is 0 Å². The van der Waals surface area contributed by atoms with E-state index in [2.05, 4.69) is 42.3 Å². The first-order valence-electron chi connectivity index (χ1n) is 6.26. The Morgan fingerprint density at radius 3 is 3.00 bits per heavy atom. The van der Waals surface area contributed by atoms with Crippen molar-refractivity contribution in [3.8, 4) is 0 Å². The zero-order valence-corrected chi connectivity index (χ0v) is 11.0. The molecule has 3 nitrogen and oxygen atoms in total. The maximum Gasteiger partial charge on any atom is 0.0678 e. The highest BCUT2D eigenvalue weighted by molar-refractivity contribution is 5.56. The Labute approximate surface area is 104 Å². The van der Waals surface area contributed by atoms with E-state index in [4.69, 9.17) is 4.74 Å². The van der Waals surface area contributed by atoms with E-state index in [-0.39, 0.29) is 0 Å². The van der Waals surface area contributed by atoms with E-state index in [1.807, 2.05) is 0 Å². The smallest absolute Gasteiger partial charge is 0.0678 e. The molecule has 1 unspecified atom stereocenters. The topological polar surface area (TPSA) is 24.5 Å². The van der Waals surface area contributed by atoms with Crippen LogP contribution in [0.2, 0.25) is 0 Å². The van der Waals surface area contributed by atoms with Crippen molar-refractivity contribution >= 4 is 5.69 Å². The molecule has 0 spiro atoms. The second kappa shape index (κ2) is 5.52. The molecule has 94 valence electrons. The summed E-state index contributed by atoms with van der Waals surface area (Å²) in [6.07, 6.45) is 0. The van der Waals surface area contributed by atoms with Crippen molar-refractivity contribution in [1.29, 1.82) is 0 Å². The van der Waals surface area contributed by atoms with Crippen LogP contribution in [-0.4, -0.2) is 39.4 Å². The van der Waals surface area contributed by atoms with E-state index in [1.165, 1.54) is 16.8 Å². The number of ether oxygens (including phenoxy) is 1. The quantitative estimate of drug-likeness (QED) is 0.862. The minimum Gasteiger partial charge on any atom is -0.383 e. The molecule has 0 amide bonds. The van der Waals surface area contributed by atoms with Gasteiger partial charge in [-0.25, -0.2) is 0 Å². The molecule has 1 N–H and O–H groups in total. The SMILES string of the molecule is COCC1CNCCN1c1cc(C)ccc1C. The van der Waals surface area contributed by atoms with Gasteiger partial charge < -0.3 is 15.0 Å². The van der Waals surface area contributed by atoms with Crippen LogP contribution in [0.15, 0.2) is 18.2 Å².